The molecule has 0 N–H and O–H groups in total. The van der Waals surface area contributed by atoms with Crippen molar-refractivity contribution in [3.63, 3.8) is 0 Å². The van der Waals surface area contributed by atoms with Crippen LogP contribution in [0.3, 0.4) is 0 Å². The summed E-state index contributed by atoms with van der Waals surface area (Å²) in [6, 6.07) is 3.42. The molecule has 13 heteroatoms. The lowest BCUT2D eigenvalue weighted by atomic mass is 10.2. The number of nitrogens with zero attached hydrogens (tertiary/aromatic N) is 5. The van der Waals surface area contributed by atoms with Gasteiger partial charge in [0.15, 0.2) is 23.1 Å². The van der Waals surface area contributed by atoms with Crippen LogP contribution >= 0.6 is 0 Å². The number of fused-ring (bicyclic) bond motifs is 1. The predicted molar refractivity (Wildman–Crippen MR) is 111 cm³/mol. The molecule has 5 rings (SSSR count). The highest BCUT2D eigenvalue weighted by Gasteiger charge is 2.56. The Morgan fingerprint density at radius 2 is 1.77 bits per heavy atom. The monoisotopic (exact) mass is 493 g/mol. The van der Waals surface area contributed by atoms with Crippen molar-refractivity contribution in [3.8, 4) is 17.4 Å². The van der Waals surface area contributed by atoms with Crippen LogP contribution in [0, 0.1) is 11.6 Å². The second-order valence-corrected chi connectivity index (χ2v) is 8.21. The maximum absolute atomic E-state index is 14.5. The summed E-state index contributed by atoms with van der Waals surface area (Å²) >= 11 is 0. The number of ether oxygens (including phenoxy) is 2. The maximum atomic E-state index is 14.5. The SMILES string of the molecule is C=C1CC12Cn1c(cc(OCc3cc(F)c(Oc4cnc(C(F)(F)F)nc4)c(F)c3)nc1=O)N2C. The molecule has 0 saturated heterocycles. The fourth-order valence-corrected chi connectivity index (χ4v) is 3.98. The van der Waals surface area contributed by atoms with Gasteiger partial charge in [-0.1, -0.05) is 6.58 Å². The summed E-state index contributed by atoms with van der Waals surface area (Å²) in [5.41, 5.74) is 0.286. The van der Waals surface area contributed by atoms with E-state index < -0.39 is 35.1 Å². The molecule has 1 aromatic carbocycles. The number of likely N-dealkylation sites (N-methyl/N-ethyl adjacent to an activating group) is 1. The van der Waals surface area contributed by atoms with Gasteiger partial charge in [-0.25, -0.2) is 23.5 Å². The van der Waals surface area contributed by atoms with Gasteiger partial charge < -0.3 is 14.4 Å². The molecule has 2 aromatic heterocycles. The third-order valence-electron chi connectivity index (χ3n) is 5.96. The Morgan fingerprint density at radius 1 is 1.14 bits per heavy atom. The van der Waals surface area contributed by atoms with E-state index in [9.17, 15) is 26.7 Å². The minimum atomic E-state index is -4.76. The molecule has 35 heavy (non-hydrogen) atoms. The number of anilines is 1. The van der Waals surface area contributed by atoms with Crippen LogP contribution in [-0.2, 0) is 19.3 Å². The summed E-state index contributed by atoms with van der Waals surface area (Å²) in [6.07, 6.45) is -2.69. The quantitative estimate of drug-likeness (QED) is 0.395. The van der Waals surface area contributed by atoms with Gasteiger partial charge in [-0.2, -0.15) is 18.2 Å². The first-order chi connectivity index (χ1) is 16.5. The van der Waals surface area contributed by atoms with Gasteiger partial charge >= 0.3 is 11.9 Å². The number of rotatable bonds is 5. The zero-order valence-corrected chi connectivity index (χ0v) is 18.1. The molecule has 0 bridgehead atoms. The van der Waals surface area contributed by atoms with Gasteiger partial charge in [0, 0.05) is 13.1 Å². The Hall–Kier alpha value is -4.03. The Labute approximate surface area is 194 Å². The fraction of sp³-hybridized carbons (Fsp3) is 0.273. The Balaban J connectivity index is 1.30. The second kappa shape index (κ2) is 7.75. The molecular formula is C22H16F5N5O3. The van der Waals surface area contributed by atoms with Crippen molar-refractivity contribution in [1.29, 1.82) is 0 Å². The minimum Gasteiger partial charge on any atom is -0.473 e. The third kappa shape index (κ3) is 3.96. The lowest BCUT2D eigenvalue weighted by Crippen LogP contribution is -2.30. The van der Waals surface area contributed by atoms with Gasteiger partial charge in [-0.15, -0.1) is 0 Å². The normalized spacial score (nSPS) is 18.7. The van der Waals surface area contributed by atoms with Crippen LogP contribution in [0.5, 0.6) is 17.4 Å². The fourth-order valence-electron chi connectivity index (χ4n) is 3.98. The van der Waals surface area contributed by atoms with Crippen molar-refractivity contribution in [3.05, 3.63) is 76.3 Å². The molecule has 1 aliphatic carbocycles. The van der Waals surface area contributed by atoms with E-state index in [4.69, 9.17) is 9.47 Å². The van der Waals surface area contributed by atoms with E-state index in [0.29, 0.717) is 24.8 Å². The molecule has 1 aliphatic heterocycles. The summed E-state index contributed by atoms with van der Waals surface area (Å²) in [6.45, 7) is 4.12. The van der Waals surface area contributed by atoms with Gasteiger partial charge in [0.25, 0.3) is 0 Å². The van der Waals surface area contributed by atoms with E-state index >= 15 is 0 Å². The van der Waals surface area contributed by atoms with Gasteiger partial charge in [0.05, 0.1) is 24.5 Å². The molecule has 3 heterocycles. The first-order valence-electron chi connectivity index (χ1n) is 10.2. The van der Waals surface area contributed by atoms with Crippen LogP contribution in [0.25, 0.3) is 0 Å². The van der Waals surface area contributed by atoms with E-state index in [-0.39, 0.29) is 29.3 Å². The number of benzene rings is 1. The first-order valence-corrected chi connectivity index (χ1v) is 10.2. The van der Waals surface area contributed by atoms with Crippen molar-refractivity contribution in [2.45, 2.75) is 31.3 Å². The van der Waals surface area contributed by atoms with E-state index in [1.165, 1.54) is 4.57 Å². The molecule has 1 unspecified atom stereocenters. The molecule has 8 nitrogen and oxygen atoms in total. The highest BCUT2D eigenvalue weighted by Crippen LogP contribution is 2.52. The van der Waals surface area contributed by atoms with Crippen LogP contribution in [0.15, 0.2) is 47.5 Å². The molecule has 0 radical (unpaired) electrons. The van der Waals surface area contributed by atoms with Gasteiger partial charge in [-0.05, 0) is 29.7 Å². The molecule has 2 aliphatic rings. The van der Waals surface area contributed by atoms with Crippen molar-refractivity contribution in [2.75, 3.05) is 11.9 Å². The highest BCUT2D eigenvalue weighted by molar-refractivity contribution is 5.59. The zero-order valence-electron chi connectivity index (χ0n) is 18.1. The van der Waals surface area contributed by atoms with Crippen molar-refractivity contribution >= 4 is 5.82 Å². The smallest absolute Gasteiger partial charge is 0.451 e. The topological polar surface area (TPSA) is 82.4 Å². The van der Waals surface area contributed by atoms with E-state index in [2.05, 4.69) is 21.5 Å². The summed E-state index contributed by atoms with van der Waals surface area (Å²) in [5.74, 6) is -4.32. The predicted octanol–water partition coefficient (Wildman–Crippen LogP) is 3.85. The van der Waals surface area contributed by atoms with Crippen LogP contribution in [0.4, 0.5) is 27.8 Å². The second-order valence-electron chi connectivity index (χ2n) is 8.21. The largest absolute Gasteiger partial charge is 0.473 e. The summed E-state index contributed by atoms with van der Waals surface area (Å²) in [5, 5.41) is 0. The third-order valence-corrected chi connectivity index (χ3v) is 5.96. The Kier molecular flexibility index (Phi) is 5.04. The average molecular weight is 493 g/mol. The van der Waals surface area contributed by atoms with Gasteiger partial charge in [-0.3, -0.25) is 4.57 Å². The number of halogens is 5. The number of alkyl halides is 3. The lowest BCUT2D eigenvalue weighted by Gasteiger charge is -2.19. The summed E-state index contributed by atoms with van der Waals surface area (Å²) < 4.78 is 78.6. The van der Waals surface area contributed by atoms with Gasteiger partial charge in [0.1, 0.15) is 12.4 Å². The summed E-state index contributed by atoms with van der Waals surface area (Å²) in [7, 11) is 1.84. The van der Waals surface area contributed by atoms with Crippen LogP contribution in [0.1, 0.15) is 17.8 Å². The van der Waals surface area contributed by atoms with E-state index in [1.807, 2.05) is 11.9 Å². The van der Waals surface area contributed by atoms with Gasteiger partial charge in [0.2, 0.25) is 11.7 Å². The van der Waals surface area contributed by atoms with Crippen LogP contribution < -0.4 is 20.1 Å². The standard InChI is InChI=1S/C22H16F5N5O3/c1-11-6-21(11)10-32-17(31(21)2)5-16(30-20(32)33)34-9-12-3-14(23)18(15(24)4-12)35-13-7-28-19(29-8-13)22(25,26)27/h3-5,7-8H,1,6,9-10H2,2H3. The zero-order chi connectivity index (χ0) is 25.1. The number of hydrogen-bond acceptors (Lipinski definition) is 7. The molecule has 182 valence electrons. The maximum Gasteiger partial charge on any atom is 0.451 e. The van der Waals surface area contributed by atoms with Crippen LogP contribution in [-0.4, -0.2) is 32.1 Å². The Bertz CT molecular complexity index is 1380. The van der Waals surface area contributed by atoms with E-state index in [1.54, 1.807) is 6.07 Å². The molecular weight excluding hydrogens is 477 g/mol. The minimum absolute atomic E-state index is 0.0144. The van der Waals surface area contributed by atoms with Crippen molar-refractivity contribution in [1.82, 2.24) is 19.5 Å². The molecule has 1 fully saturated rings. The number of aromatic nitrogens is 4. The van der Waals surface area contributed by atoms with Crippen molar-refractivity contribution < 1.29 is 31.4 Å². The molecule has 1 saturated carbocycles. The molecule has 1 spiro atoms. The van der Waals surface area contributed by atoms with Crippen LogP contribution in [0.2, 0.25) is 0 Å². The molecule has 1 atom stereocenters. The first kappa shape index (κ1) is 22.7. The Morgan fingerprint density at radius 3 is 2.34 bits per heavy atom. The molecule has 3 aromatic rings. The van der Waals surface area contributed by atoms with Crippen molar-refractivity contribution in [2.24, 2.45) is 0 Å². The average Bonchev–Trinajstić information content (AvgIpc) is 3.36. The summed E-state index contributed by atoms with van der Waals surface area (Å²) in [4.78, 5) is 24.4. The lowest BCUT2D eigenvalue weighted by molar-refractivity contribution is -0.145. The number of hydrogen-bond donors (Lipinski definition) is 0. The molecule has 0 amide bonds. The van der Waals surface area contributed by atoms with E-state index in [0.717, 1.165) is 24.1 Å². The highest BCUT2D eigenvalue weighted by atomic mass is 19.4.